The predicted molar refractivity (Wildman–Crippen MR) is 44.7 cm³/mol. The summed E-state index contributed by atoms with van der Waals surface area (Å²) in [4.78, 5) is 11.0. The third-order valence-electron chi connectivity index (χ3n) is 2.05. The highest BCUT2D eigenvalue weighted by molar-refractivity contribution is 5.76. The van der Waals surface area contributed by atoms with E-state index in [1.165, 1.54) is 0 Å². The molecule has 13 heavy (non-hydrogen) atoms. The van der Waals surface area contributed by atoms with Gasteiger partial charge in [-0.2, -0.15) is 0 Å². The van der Waals surface area contributed by atoms with Crippen molar-refractivity contribution in [3.63, 3.8) is 0 Å². The van der Waals surface area contributed by atoms with Crippen molar-refractivity contribution in [3.8, 4) is 0 Å². The SMILES string of the molecule is O=C(CC1CCCN1)NCC(F)F. The maximum absolute atomic E-state index is 11.7. The molecular weight excluding hydrogens is 178 g/mol. The number of rotatable bonds is 4. The molecule has 0 spiro atoms. The molecule has 1 saturated heterocycles. The topological polar surface area (TPSA) is 41.1 Å². The summed E-state index contributed by atoms with van der Waals surface area (Å²) in [5.74, 6) is -0.292. The van der Waals surface area contributed by atoms with Crippen LogP contribution >= 0.6 is 0 Å². The Hall–Kier alpha value is -0.710. The van der Waals surface area contributed by atoms with Crippen molar-refractivity contribution in [2.45, 2.75) is 31.7 Å². The largest absolute Gasteiger partial charge is 0.350 e. The number of carbonyl (C=O) groups excluding carboxylic acids is 1. The number of nitrogens with one attached hydrogen (secondary N) is 2. The first-order chi connectivity index (χ1) is 6.18. The van der Waals surface area contributed by atoms with Gasteiger partial charge in [0.1, 0.15) is 0 Å². The van der Waals surface area contributed by atoms with Gasteiger partial charge in [-0.25, -0.2) is 8.78 Å². The predicted octanol–water partition coefficient (Wildman–Crippen LogP) is 0.510. The molecule has 5 heteroatoms. The number of amides is 1. The molecule has 1 amide bonds. The van der Waals surface area contributed by atoms with E-state index in [1.807, 2.05) is 0 Å². The summed E-state index contributed by atoms with van der Waals surface area (Å²) in [6.07, 6.45) is -0.123. The molecule has 1 unspecified atom stereocenters. The fraction of sp³-hybridized carbons (Fsp3) is 0.875. The Morgan fingerprint density at radius 1 is 1.62 bits per heavy atom. The maximum atomic E-state index is 11.7. The quantitative estimate of drug-likeness (QED) is 0.681. The molecule has 3 nitrogen and oxygen atoms in total. The number of hydrogen-bond acceptors (Lipinski definition) is 2. The second-order valence-corrected chi connectivity index (χ2v) is 3.19. The fourth-order valence-electron chi connectivity index (χ4n) is 1.42. The molecule has 76 valence electrons. The van der Waals surface area contributed by atoms with Gasteiger partial charge in [0.05, 0.1) is 6.54 Å². The average molecular weight is 192 g/mol. The van der Waals surface area contributed by atoms with E-state index in [-0.39, 0.29) is 11.9 Å². The van der Waals surface area contributed by atoms with Crippen molar-refractivity contribution in [2.75, 3.05) is 13.1 Å². The molecule has 1 rings (SSSR count). The molecule has 0 bridgehead atoms. The van der Waals surface area contributed by atoms with Crippen LogP contribution in [0.5, 0.6) is 0 Å². The minimum atomic E-state index is -2.46. The molecular formula is C8H14F2N2O. The van der Waals surface area contributed by atoms with Crippen molar-refractivity contribution in [1.82, 2.24) is 10.6 Å². The van der Waals surface area contributed by atoms with Gasteiger partial charge in [-0.15, -0.1) is 0 Å². The van der Waals surface area contributed by atoms with Crippen LogP contribution in [0.3, 0.4) is 0 Å². The van der Waals surface area contributed by atoms with Gasteiger partial charge >= 0.3 is 0 Å². The Labute approximate surface area is 75.9 Å². The lowest BCUT2D eigenvalue weighted by molar-refractivity contribution is -0.122. The zero-order valence-electron chi connectivity index (χ0n) is 7.35. The highest BCUT2D eigenvalue weighted by Gasteiger charge is 2.17. The number of halogens is 2. The second-order valence-electron chi connectivity index (χ2n) is 3.19. The molecule has 1 fully saturated rings. The lowest BCUT2D eigenvalue weighted by Crippen LogP contribution is -2.34. The van der Waals surface area contributed by atoms with E-state index in [2.05, 4.69) is 10.6 Å². The van der Waals surface area contributed by atoms with E-state index in [0.29, 0.717) is 6.42 Å². The zero-order chi connectivity index (χ0) is 9.68. The van der Waals surface area contributed by atoms with Crippen LogP contribution in [0.4, 0.5) is 8.78 Å². The summed E-state index contributed by atoms with van der Waals surface area (Å²) < 4.78 is 23.4. The molecule has 0 aromatic heterocycles. The molecule has 1 aliphatic rings. The Kier molecular flexibility index (Phi) is 4.08. The lowest BCUT2D eigenvalue weighted by atomic mass is 10.1. The van der Waals surface area contributed by atoms with E-state index >= 15 is 0 Å². The van der Waals surface area contributed by atoms with Crippen LogP contribution in [-0.2, 0) is 4.79 Å². The maximum Gasteiger partial charge on any atom is 0.255 e. The van der Waals surface area contributed by atoms with E-state index in [0.717, 1.165) is 19.4 Å². The molecule has 1 aliphatic heterocycles. The third kappa shape index (κ3) is 4.17. The van der Waals surface area contributed by atoms with Crippen molar-refractivity contribution in [2.24, 2.45) is 0 Å². The van der Waals surface area contributed by atoms with Gasteiger partial charge in [0.2, 0.25) is 5.91 Å². The average Bonchev–Trinajstić information content (AvgIpc) is 2.53. The molecule has 1 heterocycles. The lowest BCUT2D eigenvalue weighted by Gasteiger charge is -2.09. The van der Waals surface area contributed by atoms with Gasteiger partial charge in [0.25, 0.3) is 6.43 Å². The van der Waals surface area contributed by atoms with Crippen molar-refractivity contribution >= 4 is 5.91 Å². The normalized spacial score (nSPS) is 22.2. The Balaban J connectivity index is 2.09. The summed E-state index contributed by atoms with van der Waals surface area (Å²) in [5.41, 5.74) is 0. The smallest absolute Gasteiger partial charge is 0.255 e. The van der Waals surface area contributed by atoms with Crippen molar-refractivity contribution in [3.05, 3.63) is 0 Å². The molecule has 0 saturated carbocycles. The first-order valence-corrected chi connectivity index (χ1v) is 4.46. The van der Waals surface area contributed by atoms with Crippen LogP contribution < -0.4 is 10.6 Å². The van der Waals surface area contributed by atoms with E-state index < -0.39 is 13.0 Å². The van der Waals surface area contributed by atoms with Crippen LogP contribution in [0.25, 0.3) is 0 Å². The van der Waals surface area contributed by atoms with Crippen LogP contribution in [0.2, 0.25) is 0 Å². The number of carbonyl (C=O) groups is 1. The first kappa shape index (κ1) is 10.4. The Bertz CT molecular complexity index is 170. The van der Waals surface area contributed by atoms with Gasteiger partial charge in [0.15, 0.2) is 0 Å². The summed E-state index contributed by atoms with van der Waals surface area (Å²) >= 11 is 0. The standard InChI is InChI=1S/C8H14F2N2O/c9-7(10)5-12-8(13)4-6-2-1-3-11-6/h6-7,11H,1-5H2,(H,12,13). The van der Waals surface area contributed by atoms with Crippen LogP contribution in [0, 0.1) is 0 Å². The van der Waals surface area contributed by atoms with E-state index in [4.69, 9.17) is 0 Å². The van der Waals surface area contributed by atoms with Crippen molar-refractivity contribution in [1.29, 1.82) is 0 Å². The van der Waals surface area contributed by atoms with E-state index in [1.54, 1.807) is 0 Å². The minimum Gasteiger partial charge on any atom is -0.350 e. The van der Waals surface area contributed by atoms with E-state index in [9.17, 15) is 13.6 Å². The summed E-state index contributed by atoms with van der Waals surface area (Å²) in [7, 11) is 0. The third-order valence-corrected chi connectivity index (χ3v) is 2.05. The highest BCUT2D eigenvalue weighted by atomic mass is 19.3. The molecule has 2 N–H and O–H groups in total. The number of alkyl halides is 2. The summed E-state index contributed by atoms with van der Waals surface area (Å²) in [6, 6.07) is 0.178. The van der Waals surface area contributed by atoms with Gasteiger partial charge in [0, 0.05) is 12.5 Å². The van der Waals surface area contributed by atoms with Crippen LogP contribution in [-0.4, -0.2) is 31.5 Å². The fourth-order valence-corrected chi connectivity index (χ4v) is 1.42. The zero-order valence-corrected chi connectivity index (χ0v) is 7.35. The van der Waals surface area contributed by atoms with Crippen LogP contribution in [0.15, 0.2) is 0 Å². The van der Waals surface area contributed by atoms with Crippen LogP contribution in [0.1, 0.15) is 19.3 Å². The molecule has 0 radical (unpaired) electrons. The molecule has 0 aromatic rings. The van der Waals surface area contributed by atoms with Gasteiger partial charge < -0.3 is 10.6 Å². The van der Waals surface area contributed by atoms with Crippen molar-refractivity contribution < 1.29 is 13.6 Å². The molecule has 0 aliphatic carbocycles. The Morgan fingerprint density at radius 3 is 2.92 bits per heavy atom. The summed E-state index contributed by atoms with van der Waals surface area (Å²) in [6.45, 7) is 0.387. The number of hydrogen-bond donors (Lipinski definition) is 2. The first-order valence-electron chi connectivity index (χ1n) is 4.46. The van der Waals surface area contributed by atoms with Gasteiger partial charge in [-0.1, -0.05) is 0 Å². The summed E-state index contributed by atoms with van der Waals surface area (Å²) in [5, 5.41) is 5.31. The van der Waals surface area contributed by atoms with Gasteiger partial charge in [-0.3, -0.25) is 4.79 Å². The minimum absolute atomic E-state index is 0.178. The molecule has 0 aromatic carbocycles. The Morgan fingerprint density at radius 2 is 2.38 bits per heavy atom. The van der Waals surface area contributed by atoms with Gasteiger partial charge in [-0.05, 0) is 19.4 Å². The monoisotopic (exact) mass is 192 g/mol. The second kappa shape index (κ2) is 5.11. The highest BCUT2D eigenvalue weighted by Crippen LogP contribution is 2.08. The molecule has 1 atom stereocenters.